The van der Waals surface area contributed by atoms with Crippen molar-refractivity contribution in [2.24, 2.45) is 0 Å². The van der Waals surface area contributed by atoms with Gasteiger partial charge in [-0.3, -0.25) is 18.9 Å². The maximum absolute atomic E-state index is 12.9. The minimum Gasteiger partial charge on any atom is -0.744 e. The monoisotopic (exact) mass is 2020 g/mol. The molecule has 3 heterocycles. The van der Waals surface area contributed by atoms with E-state index in [0.29, 0.717) is 385 Å². The number of allylic oxidation sites excluding steroid dienone is 6. The Morgan fingerprint density at radius 3 is 1.22 bits per heavy atom. The lowest BCUT2D eigenvalue weighted by molar-refractivity contribution is -0.438. The number of hydroxylamine groups is 2. The molecule has 3 aromatic carbocycles. The standard InChI is InChI=1S/C98H158N4O35S2/c1-7-8-30-101-88-25-23-84-85(80-83(138(107,108)109)81-89(84)139(110,111)112)96(88)98(5,28-16-10-15-21-95(106)137-102-93(104)26-27-94(102)105)91(101)19-13-9-12-18-90-97(3,4)86-79-82(2)22-24-87(86)100(90)31-17-11-14-20-92(103)99-29-32-114-35-36-116-39-40-118-43-44-120-47-48-122-51-52-124-55-56-126-59-60-128-63-64-130-67-68-132-71-72-134-75-76-136-78-77-135-74-73-133-70-69-131-66-65-129-62-61-127-58-57-125-54-53-123-50-49-121-46-45-119-42-41-117-38-37-115-34-33-113-6/h9,12-13,18-19,22-25,79-81H,7-8,10-11,14-17,20-21,26-78H2,1-6H3,(H2-,99,103,107,108,109,110,111,112). The number of carbonyl (C=O) groups excluding carboxylic acids is 4. The largest absolute Gasteiger partial charge is 0.744 e. The van der Waals surface area contributed by atoms with Crippen molar-refractivity contribution in [1.82, 2.24) is 10.4 Å². The van der Waals surface area contributed by atoms with Crippen LogP contribution in [0, 0.1) is 6.92 Å². The van der Waals surface area contributed by atoms with Crippen molar-refractivity contribution in [3.05, 3.63) is 95.2 Å². The molecule has 41 heteroatoms. The number of carbonyl (C=O) groups is 4. The average Bonchev–Trinajstić information content (AvgIpc) is 1.56. The number of fused-ring (bicyclic) bond motifs is 4. The number of imide groups is 1. The molecule has 2 N–H and O–H groups in total. The quantitative estimate of drug-likeness (QED) is 0.0176. The molecule has 3 aromatic rings. The zero-order valence-corrected chi connectivity index (χ0v) is 84.6. The number of unbranched alkanes of at least 4 members (excludes halogenated alkanes) is 5. The number of benzene rings is 3. The third kappa shape index (κ3) is 51.3. The van der Waals surface area contributed by atoms with Crippen LogP contribution in [0.4, 0.5) is 11.4 Å². The Morgan fingerprint density at radius 2 is 0.835 bits per heavy atom. The molecule has 3 aliphatic rings. The summed E-state index contributed by atoms with van der Waals surface area (Å²) in [5.74, 6) is -1.92. The summed E-state index contributed by atoms with van der Waals surface area (Å²) < 4.78 is 209. The fraction of sp³-hybridized carbons (Fsp3) is 0.724. The first-order valence-electron chi connectivity index (χ1n) is 48.9. The number of nitrogens with one attached hydrogen (secondary N) is 1. The van der Waals surface area contributed by atoms with Gasteiger partial charge in [-0.2, -0.15) is 13.0 Å². The lowest BCUT2D eigenvalue weighted by Gasteiger charge is -2.31. The maximum Gasteiger partial charge on any atom is 0.333 e. The summed E-state index contributed by atoms with van der Waals surface area (Å²) in [4.78, 5) is 55.6. The van der Waals surface area contributed by atoms with Crippen LogP contribution in [0.5, 0.6) is 0 Å². The van der Waals surface area contributed by atoms with Gasteiger partial charge in [-0.1, -0.05) is 62.1 Å². The van der Waals surface area contributed by atoms with Crippen LogP contribution in [0.3, 0.4) is 0 Å². The number of nitrogens with zero attached hydrogens (tertiary/aromatic N) is 3. The number of ether oxygens (including phenoxy) is 24. The molecule has 1 unspecified atom stereocenters. The predicted molar refractivity (Wildman–Crippen MR) is 514 cm³/mol. The zero-order chi connectivity index (χ0) is 99.8. The molecule has 139 heavy (non-hydrogen) atoms. The molecule has 0 spiro atoms. The summed E-state index contributed by atoms with van der Waals surface area (Å²) in [6.45, 7) is 34.1. The maximum atomic E-state index is 12.9. The number of amides is 3. The normalized spacial score (nSPS) is 15.3. The van der Waals surface area contributed by atoms with Gasteiger partial charge in [0.25, 0.3) is 21.9 Å². The molecule has 0 bridgehead atoms. The molecule has 0 aromatic heterocycles. The highest BCUT2D eigenvalue weighted by Gasteiger charge is 2.46. The molecule has 1 atom stereocenters. The Bertz CT molecular complexity index is 4200. The Kier molecular flexibility index (Phi) is 65.7. The van der Waals surface area contributed by atoms with Gasteiger partial charge in [0.1, 0.15) is 16.7 Å². The minimum atomic E-state index is -5.25. The summed E-state index contributed by atoms with van der Waals surface area (Å²) in [6.07, 6.45) is 15.9. The second-order valence-corrected chi connectivity index (χ2v) is 35.8. The molecule has 3 aliphatic heterocycles. The van der Waals surface area contributed by atoms with Crippen LogP contribution in [-0.2, 0) is 169 Å². The van der Waals surface area contributed by atoms with Gasteiger partial charge in [0.05, 0.1) is 326 Å². The number of hydrogen-bond acceptors (Lipinski definition) is 35. The number of hydrogen-bond donors (Lipinski definition) is 2. The Hall–Kier alpha value is -6.45. The van der Waals surface area contributed by atoms with Gasteiger partial charge in [0.15, 0.2) is 5.71 Å². The van der Waals surface area contributed by atoms with E-state index in [2.05, 4.69) is 66.8 Å². The van der Waals surface area contributed by atoms with Crippen LogP contribution < -0.4 is 10.2 Å². The number of rotatable bonds is 93. The highest BCUT2D eigenvalue weighted by Crippen LogP contribution is 2.54. The number of aryl methyl sites for hydroxylation is 1. The lowest BCUT2D eigenvalue weighted by Crippen LogP contribution is -2.32. The third-order valence-corrected chi connectivity index (χ3v) is 23.8. The SMILES string of the molecule is CCCCN1C(=CC=CC=CC2=[N+](CCCCCC(=O)NCCOCCOCCOCCOCCOCCOCCOCCOCCOCCOCCOCCOCCOCCOCCOCCOCCOCCOCCOCCOCCOCCOCCOCCOC)c3ccc(C)cc3C2(C)C)C(C)(CCCCCC(=O)ON2C(=O)CCC2=O)c2c1ccc1c(S(=O)(=O)[O-])cc(S(=O)(=O)O)cc21. The van der Waals surface area contributed by atoms with Crippen LogP contribution in [0.1, 0.15) is 128 Å². The molecular formula is C98H158N4O35S2. The van der Waals surface area contributed by atoms with Gasteiger partial charge in [-0.05, 0) is 106 Å². The van der Waals surface area contributed by atoms with E-state index in [9.17, 15) is 45.1 Å². The minimum absolute atomic E-state index is 0.00976. The van der Waals surface area contributed by atoms with Crippen molar-refractivity contribution in [3.63, 3.8) is 0 Å². The van der Waals surface area contributed by atoms with Crippen molar-refractivity contribution >= 4 is 71.8 Å². The molecule has 1 fully saturated rings. The predicted octanol–water partition coefficient (Wildman–Crippen LogP) is 8.51. The van der Waals surface area contributed by atoms with Gasteiger partial charge in [-0.15, -0.1) is 5.06 Å². The van der Waals surface area contributed by atoms with E-state index in [4.69, 9.17) is 119 Å². The topological polar surface area (TPSA) is 432 Å². The molecule has 792 valence electrons. The molecule has 1 saturated heterocycles. The van der Waals surface area contributed by atoms with E-state index >= 15 is 0 Å². The van der Waals surface area contributed by atoms with E-state index < -0.39 is 53.2 Å². The van der Waals surface area contributed by atoms with Crippen LogP contribution in [0.25, 0.3) is 10.8 Å². The van der Waals surface area contributed by atoms with Crippen molar-refractivity contribution in [2.45, 2.75) is 139 Å². The molecule has 0 saturated carbocycles. The summed E-state index contributed by atoms with van der Waals surface area (Å²) in [7, 11) is -8.61. The molecule has 3 amide bonds. The van der Waals surface area contributed by atoms with Crippen molar-refractivity contribution in [2.75, 3.05) is 342 Å². The number of methoxy groups -OCH3 is 1. The molecular weight excluding hydrogens is 1860 g/mol. The van der Waals surface area contributed by atoms with E-state index in [1.807, 2.05) is 31.2 Å². The van der Waals surface area contributed by atoms with Gasteiger partial charge in [-0.25, -0.2) is 13.2 Å². The lowest BCUT2D eigenvalue weighted by atomic mass is 9.75. The second kappa shape index (κ2) is 75.3. The highest BCUT2D eigenvalue weighted by molar-refractivity contribution is 7.86. The van der Waals surface area contributed by atoms with Crippen LogP contribution in [0.15, 0.2) is 88.3 Å². The Balaban J connectivity index is 0.668. The van der Waals surface area contributed by atoms with Crippen molar-refractivity contribution in [1.29, 1.82) is 0 Å². The third-order valence-electron chi connectivity index (χ3n) is 22.1. The summed E-state index contributed by atoms with van der Waals surface area (Å²) >= 11 is 0. The first-order valence-corrected chi connectivity index (χ1v) is 51.7. The van der Waals surface area contributed by atoms with Gasteiger partial charge in [0.2, 0.25) is 11.6 Å². The molecule has 39 nitrogen and oxygen atoms in total. The summed E-state index contributed by atoms with van der Waals surface area (Å²) in [5.41, 5.74) is 5.33. The fourth-order valence-electron chi connectivity index (χ4n) is 14.9. The van der Waals surface area contributed by atoms with E-state index in [1.165, 1.54) is 17.7 Å². The summed E-state index contributed by atoms with van der Waals surface area (Å²) in [5, 5.41) is 3.67. The first kappa shape index (κ1) is 121. The number of anilines is 1. The molecule has 0 aliphatic carbocycles. The van der Waals surface area contributed by atoms with E-state index in [1.54, 1.807) is 13.2 Å². The molecule has 0 radical (unpaired) electrons. The second-order valence-electron chi connectivity index (χ2n) is 33.1. The fourth-order valence-corrected chi connectivity index (χ4v) is 16.3. The van der Waals surface area contributed by atoms with Crippen molar-refractivity contribution in [3.8, 4) is 0 Å². The van der Waals surface area contributed by atoms with Gasteiger partial charge >= 0.3 is 5.97 Å². The van der Waals surface area contributed by atoms with Gasteiger partial charge < -0.3 is 133 Å². The van der Waals surface area contributed by atoms with Crippen LogP contribution in [0.2, 0.25) is 0 Å². The van der Waals surface area contributed by atoms with Crippen molar-refractivity contribution < 1.29 is 168 Å². The molecule has 6 rings (SSSR count). The zero-order valence-electron chi connectivity index (χ0n) is 83.0. The van der Waals surface area contributed by atoms with E-state index in [0.717, 1.165) is 54.9 Å². The van der Waals surface area contributed by atoms with Gasteiger partial charge in [0, 0.05) is 86.8 Å². The van der Waals surface area contributed by atoms with Crippen LogP contribution >= 0.6 is 0 Å². The van der Waals surface area contributed by atoms with Crippen LogP contribution in [-0.4, -0.2) is 402 Å². The smallest absolute Gasteiger partial charge is 0.333 e. The summed E-state index contributed by atoms with van der Waals surface area (Å²) in [6, 6.07) is 11.7. The highest BCUT2D eigenvalue weighted by atomic mass is 32.2. The average molecular weight is 2020 g/mol. The Labute approximate surface area is 822 Å². The Morgan fingerprint density at radius 1 is 0.453 bits per heavy atom. The first-order chi connectivity index (χ1) is 67.6. The van der Waals surface area contributed by atoms with E-state index in [-0.39, 0.29) is 41.4 Å².